The third-order valence-corrected chi connectivity index (χ3v) is 6.41. The molecule has 3 fully saturated rings. The average molecular weight is 350 g/mol. The van der Waals surface area contributed by atoms with E-state index < -0.39 is 0 Å². The second kappa shape index (κ2) is 9.44. The number of amides is 3. The highest BCUT2D eigenvalue weighted by atomic mass is 16.2. The molecule has 3 amide bonds. The molecular weight excluding hydrogens is 314 g/mol. The summed E-state index contributed by atoms with van der Waals surface area (Å²) in [6.45, 7) is 2.52. The molecular formula is C20H35N3O2. The zero-order chi connectivity index (χ0) is 17.5. The lowest BCUT2D eigenvalue weighted by Crippen LogP contribution is -2.48. The van der Waals surface area contributed by atoms with Gasteiger partial charge in [0.25, 0.3) is 0 Å². The van der Waals surface area contributed by atoms with Gasteiger partial charge >= 0.3 is 6.03 Å². The van der Waals surface area contributed by atoms with Crippen LogP contribution in [0, 0.1) is 11.8 Å². The van der Waals surface area contributed by atoms with Crippen LogP contribution in [0.4, 0.5) is 4.79 Å². The van der Waals surface area contributed by atoms with E-state index in [2.05, 4.69) is 10.6 Å². The third kappa shape index (κ3) is 5.61. The van der Waals surface area contributed by atoms with Crippen LogP contribution < -0.4 is 10.6 Å². The number of hydrogen-bond donors (Lipinski definition) is 2. The Morgan fingerprint density at radius 2 is 1.48 bits per heavy atom. The van der Waals surface area contributed by atoms with Crippen LogP contribution in [0.2, 0.25) is 0 Å². The summed E-state index contributed by atoms with van der Waals surface area (Å²) in [5.74, 6) is 1.18. The number of carbonyl (C=O) groups excluding carboxylic acids is 2. The van der Waals surface area contributed by atoms with Crippen LogP contribution in [0.3, 0.4) is 0 Å². The van der Waals surface area contributed by atoms with Gasteiger partial charge in [0.05, 0.1) is 0 Å². The lowest BCUT2D eigenvalue weighted by molar-refractivity contribution is -0.124. The number of urea groups is 1. The van der Waals surface area contributed by atoms with Crippen molar-refractivity contribution in [2.45, 2.75) is 83.1 Å². The fourth-order valence-corrected chi connectivity index (χ4v) is 4.67. The predicted octanol–water partition coefficient (Wildman–Crippen LogP) is 3.44. The number of rotatable bonds is 5. The van der Waals surface area contributed by atoms with E-state index in [1.54, 1.807) is 0 Å². The van der Waals surface area contributed by atoms with Crippen LogP contribution in [-0.2, 0) is 4.79 Å². The van der Waals surface area contributed by atoms with Crippen molar-refractivity contribution in [3.63, 3.8) is 0 Å². The maximum atomic E-state index is 12.4. The SMILES string of the molecule is O=C(NCCC1CCN(C(=O)NC2CCCCC2)CC1)C1CCCC1. The number of likely N-dealkylation sites (tertiary alicyclic amines) is 1. The maximum absolute atomic E-state index is 12.4. The Morgan fingerprint density at radius 1 is 0.840 bits per heavy atom. The number of nitrogens with one attached hydrogen (secondary N) is 2. The molecule has 142 valence electrons. The van der Waals surface area contributed by atoms with Crippen molar-refractivity contribution in [2.75, 3.05) is 19.6 Å². The summed E-state index contributed by atoms with van der Waals surface area (Å²) in [5, 5.41) is 6.35. The minimum atomic E-state index is 0.139. The van der Waals surface area contributed by atoms with Gasteiger partial charge in [-0.1, -0.05) is 32.1 Å². The molecule has 1 heterocycles. The van der Waals surface area contributed by atoms with Crippen molar-refractivity contribution < 1.29 is 9.59 Å². The highest BCUT2D eigenvalue weighted by Gasteiger charge is 2.26. The Balaban J connectivity index is 1.28. The summed E-state index contributed by atoms with van der Waals surface area (Å²) in [6, 6.07) is 0.532. The van der Waals surface area contributed by atoms with E-state index in [1.807, 2.05) is 4.90 Å². The molecule has 3 rings (SSSR count). The second-order valence-electron chi connectivity index (χ2n) is 8.28. The van der Waals surface area contributed by atoms with Crippen LogP contribution in [0.15, 0.2) is 0 Å². The molecule has 2 N–H and O–H groups in total. The van der Waals surface area contributed by atoms with Crippen molar-refractivity contribution >= 4 is 11.9 Å². The molecule has 0 radical (unpaired) electrons. The summed E-state index contributed by atoms with van der Waals surface area (Å²) >= 11 is 0. The smallest absolute Gasteiger partial charge is 0.317 e. The largest absolute Gasteiger partial charge is 0.356 e. The number of nitrogens with zero attached hydrogens (tertiary/aromatic N) is 1. The first-order chi connectivity index (χ1) is 12.2. The zero-order valence-corrected chi connectivity index (χ0v) is 15.6. The molecule has 5 heteroatoms. The molecule has 2 saturated carbocycles. The lowest BCUT2D eigenvalue weighted by Gasteiger charge is -2.34. The lowest BCUT2D eigenvalue weighted by atomic mass is 9.93. The molecule has 1 aliphatic heterocycles. The molecule has 0 spiro atoms. The molecule has 0 aromatic heterocycles. The Bertz CT molecular complexity index is 434. The Labute approximate surface area is 152 Å². The number of carbonyl (C=O) groups is 2. The molecule has 0 aromatic carbocycles. The average Bonchev–Trinajstić information content (AvgIpc) is 3.18. The molecule has 25 heavy (non-hydrogen) atoms. The Hall–Kier alpha value is -1.26. The van der Waals surface area contributed by atoms with Gasteiger partial charge in [-0.15, -0.1) is 0 Å². The van der Waals surface area contributed by atoms with Gasteiger partial charge < -0.3 is 15.5 Å². The topological polar surface area (TPSA) is 61.4 Å². The number of hydrogen-bond acceptors (Lipinski definition) is 2. The first kappa shape index (κ1) is 18.5. The van der Waals surface area contributed by atoms with Crippen LogP contribution in [0.1, 0.15) is 77.0 Å². The van der Waals surface area contributed by atoms with E-state index in [4.69, 9.17) is 0 Å². The van der Waals surface area contributed by atoms with E-state index in [1.165, 1.54) is 32.1 Å². The molecule has 0 bridgehead atoms. The minimum Gasteiger partial charge on any atom is -0.356 e. The third-order valence-electron chi connectivity index (χ3n) is 6.41. The van der Waals surface area contributed by atoms with Gasteiger partial charge in [0.1, 0.15) is 0 Å². The monoisotopic (exact) mass is 349 g/mol. The fraction of sp³-hybridized carbons (Fsp3) is 0.900. The second-order valence-corrected chi connectivity index (χ2v) is 8.28. The van der Waals surface area contributed by atoms with E-state index in [9.17, 15) is 9.59 Å². The van der Waals surface area contributed by atoms with Gasteiger partial charge in [0, 0.05) is 31.6 Å². The molecule has 0 atom stereocenters. The van der Waals surface area contributed by atoms with E-state index in [-0.39, 0.29) is 17.9 Å². The predicted molar refractivity (Wildman–Crippen MR) is 99.3 cm³/mol. The van der Waals surface area contributed by atoms with Crippen molar-refractivity contribution in [1.82, 2.24) is 15.5 Å². The van der Waals surface area contributed by atoms with Crippen LogP contribution in [-0.4, -0.2) is 42.5 Å². The molecule has 2 aliphatic carbocycles. The van der Waals surface area contributed by atoms with Gasteiger partial charge in [0.2, 0.25) is 5.91 Å². The highest BCUT2D eigenvalue weighted by molar-refractivity contribution is 5.78. The molecule has 0 aromatic rings. The van der Waals surface area contributed by atoms with Gasteiger partial charge in [-0.3, -0.25) is 4.79 Å². The van der Waals surface area contributed by atoms with Crippen LogP contribution >= 0.6 is 0 Å². The van der Waals surface area contributed by atoms with Crippen LogP contribution in [0.5, 0.6) is 0 Å². The Morgan fingerprint density at radius 3 is 2.16 bits per heavy atom. The Kier molecular flexibility index (Phi) is 7.00. The van der Waals surface area contributed by atoms with E-state index in [0.717, 1.165) is 64.6 Å². The summed E-state index contributed by atoms with van der Waals surface area (Å²) in [5.41, 5.74) is 0. The van der Waals surface area contributed by atoms with Crippen molar-refractivity contribution in [3.05, 3.63) is 0 Å². The first-order valence-corrected chi connectivity index (χ1v) is 10.6. The maximum Gasteiger partial charge on any atom is 0.317 e. The number of piperidine rings is 1. The van der Waals surface area contributed by atoms with Crippen molar-refractivity contribution in [1.29, 1.82) is 0 Å². The zero-order valence-electron chi connectivity index (χ0n) is 15.6. The minimum absolute atomic E-state index is 0.139. The molecule has 1 saturated heterocycles. The van der Waals surface area contributed by atoms with Gasteiger partial charge in [-0.05, 0) is 50.9 Å². The normalized spacial score (nSPS) is 23.6. The van der Waals surface area contributed by atoms with Crippen molar-refractivity contribution in [3.8, 4) is 0 Å². The van der Waals surface area contributed by atoms with Crippen LogP contribution in [0.25, 0.3) is 0 Å². The summed E-state index contributed by atoms with van der Waals surface area (Å²) < 4.78 is 0. The van der Waals surface area contributed by atoms with Crippen molar-refractivity contribution in [2.24, 2.45) is 11.8 Å². The quantitative estimate of drug-likeness (QED) is 0.799. The molecule has 0 unspecified atom stereocenters. The van der Waals surface area contributed by atoms with E-state index in [0.29, 0.717) is 12.0 Å². The summed E-state index contributed by atoms with van der Waals surface area (Å²) in [6.07, 6.45) is 13.8. The summed E-state index contributed by atoms with van der Waals surface area (Å²) in [4.78, 5) is 26.4. The first-order valence-electron chi connectivity index (χ1n) is 10.6. The van der Waals surface area contributed by atoms with E-state index >= 15 is 0 Å². The highest BCUT2D eigenvalue weighted by Crippen LogP contribution is 2.25. The van der Waals surface area contributed by atoms with Gasteiger partial charge in [-0.25, -0.2) is 4.79 Å². The molecule has 3 aliphatic rings. The molecule has 5 nitrogen and oxygen atoms in total. The standard InChI is InChI=1S/C20H35N3O2/c24-19(17-6-4-5-7-17)21-13-10-16-11-14-23(15-12-16)20(25)22-18-8-2-1-3-9-18/h16-18H,1-15H2,(H,21,24)(H,22,25). The van der Waals surface area contributed by atoms with Gasteiger partial charge in [0.15, 0.2) is 0 Å². The fourth-order valence-electron chi connectivity index (χ4n) is 4.67. The van der Waals surface area contributed by atoms with Gasteiger partial charge in [-0.2, -0.15) is 0 Å². The summed E-state index contributed by atoms with van der Waals surface area (Å²) in [7, 11) is 0.